The molecule has 4 heteroatoms. The van der Waals surface area contributed by atoms with Crippen molar-refractivity contribution in [2.75, 3.05) is 0 Å². The molecule has 2 saturated carbocycles. The molecule has 1 unspecified atom stereocenters. The van der Waals surface area contributed by atoms with E-state index >= 15 is 0 Å². The number of aromatic nitrogens is 1. The largest absolute Gasteiger partial charge is 0.360 e. The van der Waals surface area contributed by atoms with Crippen molar-refractivity contribution in [1.29, 1.82) is 0 Å². The molecule has 0 aromatic carbocycles. The van der Waals surface area contributed by atoms with E-state index in [1.807, 2.05) is 6.07 Å². The fraction of sp³-hybridized carbons (Fsp3) is 0.556. The molecule has 0 spiro atoms. The van der Waals surface area contributed by atoms with Gasteiger partial charge in [-0.2, -0.15) is 0 Å². The summed E-state index contributed by atoms with van der Waals surface area (Å²) in [5, 5.41) is 7.15. The van der Waals surface area contributed by atoms with Crippen molar-refractivity contribution in [3.05, 3.63) is 41.3 Å². The van der Waals surface area contributed by atoms with Crippen molar-refractivity contribution in [1.82, 2.24) is 10.5 Å². The molecule has 1 aromatic rings. The van der Waals surface area contributed by atoms with E-state index in [1.165, 1.54) is 24.8 Å². The van der Waals surface area contributed by atoms with E-state index in [0.29, 0.717) is 17.5 Å². The zero-order chi connectivity index (χ0) is 14.9. The number of nitrogens with one attached hydrogen (secondary N) is 1. The Hall–Kier alpha value is -1.84. The predicted molar refractivity (Wildman–Crippen MR) is 83.5 cm³/mol. The lowest BCUT2D eigenvalue weighted by molar-refractivity contribution is 0.0907. The molecule has 1 aromatic heterocycles. The third-order valence-corrected chi connectivity index (χ3v) is 5.03. The molecule has 1 N–H and O–H groups in total. The van der Waals surface area contributed by atoms with Gasteiger partial charge in [0.15, 0.2) is 5.69 Å². The van der Waals surface area contributed by atoms with Crippen LogP contribution in [0.25, 0.3) is 0 Å². The van der Waals surface area contributed by atoms with Crippen LogP contribution in [0.15, 0.2) is 34.4 Å². The maximum absolute atomic E-state index is 12.5. The molecule has 0 aliphatic heterocycles. The predicted octanol–water partition coefficient (Wildman–Crippen LogP) is 3.73. The average Bonchev–Trinajstić information content (AvgIpc) is 3.23. The maximum atomic E-state index is 12.5. The smallest absolute Gasteiger partial charge is 0.273 e. The average molecular weight is 298 g/mol. The van der Waals surface area contributed by atoms with E-state index in [0.717, 1.165) is 31.4 Å². The quantitative estimate of drug-likeness (QED) is 0.901. The van der Waals surface area contributed by atoms with Gasteiger partial charge in [0.1, 0.15) is 5.76 Å². The molecular formula is C18H22N2O2. The van der Waals surface area contributed by atoms with E-state index in [1.54, 1.807) is 0 Å². The van der Waals surface area contributed by atoms with Gasteiger partial charge in [0.25, 0.3) is 5.91 Å². The molecule has 3 aliphatic carbocycles. The van der Waals surface area contributed by atoms with Crippen LogP contribution in [0.2, 0.25) is 0 Å². The molecule has 0 bridgehead atoms. The van der Waals surface area contributed by atoms with Gasteiger partial charge in [0.2, 0.25) is 0 Å². The van der Waals surface area contributed by atoms with Crippen LogP contribution in [-0.2, 0) is 0 Å². The topological polar surface area (TPSA) is 55.1 Å². The third kappa shape index (κ3) is 2.74. The lowest BCUT2D eigenvalue weighted by Crippen LogP contribution is -2.44. The highest BCUT2D eigenvalue weighted by Crippen LogP contribution is 2.40. The van der Waals surface area contributed by atoms with Crippen LogP contribution in [0.5, 0.6) is 0 Å². The minimum absolute atomic E-state index is 0.104. The summed E-state index contributed by atoms with van der Waals surface area (Å²) in [5.41, 5.74) is 1.68. The number of allylic oxidation sites excluding steroid dienone is 2. The van der Waals surface area contributed by atoms with Gasteiger partial charge in [-0.05, 0) is 50.0 Å². The molecular weight excluding hydrogens is 276 g/mol. The van der Waals surface area contributed by atoms with Crippen LogP contribution in [0, 0.1) is 5.92 Å². The first-order valence-electron chi connectivity index (χ1n) is 8.45. The van der Waals surface area contributed by atoms with Gasteiger partial charge in [0, 0.05) is 12.0 Å². The molecule has 4 nitrogen and oxygen atoms in total. The molecule has 4 rings (SSSR count). The zero-order valence-corrected chi connectivity index (χ0v) is 12.8. The zero-order valence-electron chi connectivity index (χ0n) is 12.8. The number of amides is 1. The second-order valence-electron chi connectivity index (χ2n) is 6.71. The number of carbonyl (C=O) groups excluding carboxylic acids is 1. The first-order valence-corrected chi connectivity index (χ1v) is 8.45. The molecule has 2 fully saturated rings. The highest BCUT2D eigenvalue weighted by Gasteiger charge is 2.33. The van der Waals surface area contributed by atoms with Crippen LogP contribution < -0.4 is 5.32 Å². The number of nitrogens with zero attached hydrogens (tertiary/aromatic N) is 1. The first kappa shape index (κ1) is 13.8. The first-order chi connectivity index (χ1) is 10.8. The van der Waals surface area contributed by atoms with Crippen LogP contribution in [-0.4, -0.2) is 17.1 Å². The molecule has 3 aliphatic rings. The van der Waals surface area contributed by atoms with Gasteiger partial charge in [-0.25, -0.2) is 0 Å². The maximum Gasteiger partial charge on any atom is 0.273 e. The Morgan fingerprint density at radius 3 is 2.77 bits per heavy atom. The number of carbonyl (C=O) groups is 1. The van der Waals surface area contributed by atoms with Crippen molar-refractivity contribution in [2.45, 2.75) is 56.9 Å². The Kier molecular flexibility index (Phi) is 3.60. The van der Waals surface area contributed by atoms with E-state index in [9.17, 15) is 4.79 Å². The van der Waals surface area contributed by atoms with Crippen molar-refractivity contribution >= 4 is 5.91 Å². The fourth-order valence-corrected chi connectivity index (χ4v) is 3.28. The van der Waals surface area contributed by atoms with Crippen molar-refractivity contribution in [3.8, 4) is 0 Å². The summed E-state index contributed by atoms with van der Waals surface area (Å²) in [6, 6.07) is 1.94. The van der Waals surface area contributed by atoms with Gasteiger partial charge in [-0.1, -0.05) is 29.8 Å². The summed E-state index contributed by atoms with van der Waals surface area (Å²) in [5.74, 6) is 1.81. The highest BCUT2D eigenvalue weighted by molar-refractivity contribution is 5.92. The lowest BCUT2D eigenvalue weighted by Gasteiger charge is -2.35. The van der Waals surface area contributed by atoms with Crippen molar-refractivity contribution in [3.63, 3.8) is 0 Å². The van der Waals surface area contributed by atoms with E-state index in [2.05, 4.69) is 28.7 Å². The minimum atomic E-state index is -0.104. The second-order valence-corrected chi connectivity index (χ2v) is 6.71. The molecule has 22 heavy (non-hydrogen) atoms. The lowest BCUT2D eigenvalue weighted by atomic mass is 9.76. The summed E-state index contributed by atoms with van der Waals surface area (Å²) >= 11 is 0. The van der Waals surface area contributed by atoms with E-state index in [-0.39, 0.29) is 11.9 Å². The Balaban J connectivity index is 1.48. The van der Waals surface area contributed by atoms with Gasteiger partial charge in [-0.15, -0.1) is 0 Å². The monoisotopic (exact) mass is 298 g/mol. The van der Waals surface area contributed by atoms with Gasteiger partial charge in [-0.3, -0.25) is 4.79 Å². The van der Waals surface area contributed by atoms with Crippen molar-refractivity contribution < 1.29 is 9.32 Å². The van der Waals surface area contributed by atoms with E-state index in [4.69, 9.17) is 4.52 Å². The second kappa shape index (κ2) is 5.75. The van der Waals surface area contributed by atoms with E-state index < -0.39 is 0 Å². The molecule has 1 atom stereocenters. The summed E-state index contributed by atoms with van der Waals surface area (Å²) in [6.45, 7) is 0. The molecule has 1 amide bonds. The van der Waals surface area contributed by atoms with Gasteiger partial charge >= 0.3 is 0 Å². The Morgan fingerprint density at radius 2 is 2.14 bits per heavy atom. The summed E-state index contributed by atoms with van der Waals surface area (Å²) in [7, 11) is 0. The third-order valence-electron chi connectivity index (χ3n) is 5.03. The van der Waals surface area contributed by atoms with Crippen LogP contribution in [0.4, 0.5) is 0 Å². The summed E-state index contributed by atoms with van der Waals surface area (Å²) in [4.78, 5) is 12.5. The minimum Gasteiger partial charge on any atom is -0.360 e. The Bertz CT molecular complexity index is 621. The Morgan fingerprint density at radius 1 is 1.27 bits per heavy atom. The standard InChI is InChI=1S/C18H22N2O2/c21-18(15-11-16(22-20-15)12-9-10-12)19-17(14-7-4-8-14)13-5-2-1-3-6-13/h2,5-6,11-12,14,17H,1,3-4,7-10H2,(H,19,21). The normalized spacial score (nSPS) is 22.8. The number of rotatable bonds is 5. The highest BCUT2D eigenvalue weighted by atomic mass is 16.5. The summed E-state index contributed by atoms with van der Waals surface area (Å²) < 4.78 is 5.30. The fourth-order valence-electron chi connectivity index (χ4n) is 3.28. The Labute approximate surface area is 130 Å². The molecule has 1 heterocycles. The van der Waals surface area contributed by atoms with Gasteiger partial charge in [0.05, 0.1) is 6.04 Å². The van der Waals surface area contributed by atoms with Crippen LogP contribution in [0.3, 0.4) is 0 Å². The molecule has 116 valence electrons. The number of hydrogen-bond donors (Lipinski definition) is 1. The van der Waals surface area contributed by atoms with Crippen molar-refractivity contribution in [2.24, 2.45) is 5.92 Å². The molecule has 0 radical (unpaired) electrons. The number of hydrogen-bond acceptors (Lipinski definition) is 3. The SMILES string of the molecule is O=C(NC(C1=CCCC=C1)C1CCC1)c1cc(C2CC2)on1. The van der Waals surface area contributed by atoms with Gasteiger partial charge < -0.3 is 9.84 Å². The summed E-state index contributed by atoms with van der Waals surface area (Å²) in [6.07, 6.45) is 14.8. The van der Waals surface area contributed by atoms with Crippen LogP contribution >= 0.6 is 0 Å². The van der Waals surface area contributed by atoms with Crippen LogP contribution in [0.1, 0.15) is 67.1 Å². The molecule has 0 saturated heterocycles.